The van der Waals surface area contributed by atoms with Crippen LogP contribution < -0.4 is 0 Å². The van der Waals surface area contributed by atoms with E-state index in [2.05, 4.69) is 10.3 Å². The maximum atomic E-state index is 12.5. The monoisotopic (exact) mass is 285 g/mol. The molecule has 1 aromatic carbocycles. The van der Waals surface area contributed by atoms with Crippen LogP contribution in [0, 0.1) is 0 Å². The summed E-state index contributed by atoms with van der Waals surface area (Å²) >= 11 is 0. The van der Waals surface area contributed by atoms with E-state index in [1.807, 2.05) is 6.92 Å². The molecule has 0 saturated carbocycles. The number of rotatable bonds is 4. The average molecular weight is 285 g/mol. The minimum atomic E-state index is -4.36. The van der Waals surface area contributed by atoms with Gasteiger partial charge in [-0.3, -0.25) is 0 Å². The predicted octanol–water partition coefficient (Wildman–Crippen LogP) is 2.73. The second-order valence-electron chi connectivity index (χ2n) is 4.35. The Kier molecular flexibility index (Phi) is 4.08. The fourth-order valence-corrected chi connectivity index (χ4v) is 1.94. The van der Waals surface area contributed by atoms with E-state index in [0.717, 1.165) is 24.2 Å². The molecule has 0 atom stereocenters. The van der Waals surface area contributed by atoms with E-state index in [1.54, 1.807) is 0 Å². The highest BCUT2D eigenvalue weighted by Gasteiger charge is 2.30. The van der Waals surface area contributed by atoms with Gasteiger partial charge in [-0.15, -0.1) is 5.10 Å². The van der Waals surface area contributed by atoms with Crippen molar-refractivity contribution in [1.82, 2.24) is 15.0 Å². The zero-order chi connectivity index (χ0) is 14.8. The molecule has 0 saturated heterocycles. The number of alkyl halides is 3. The molecule has 1 N–H and O–H groups in total. The van der Waals surface area contributed by atoms with Crippen LogP contribution in [-0.2, 0) is 19.2 Å². The largest absolute Gasteiger partial charge is 0.416 e. The van der Waals surface area contributed by atoms with Gasteiger partial charge in [0.1, 0.15) is 5.69 Å². The zero-order valence-electron chi connectivity index (χ0n) is 10.9. The molecule has 0 aliphatic carbocycles. The Hall–Kier alpha value is -1.89. The van der Waals surface area contributed by atoms with Crippen molar-refractivity contribution in [2.75, 3.05) is 0 Å². The van der Waals surface area contributed by atoms with Crippen LogP contribution in [0.25, 0.3) is 5.69 Å². The first-order valence-corrected chi connectivity index (χ1v) is 6.19. The molecule has 0 aliphatic heterocycles. The number of nitrogens with zero attached hydrogens (tertiary/aromatic N) is 3. The lowest BCUT2D eigenvalue weighted by Gasteiger charge is -2.09. The van der Waals surface area contributed by atoms with Crippen molar-refractivity contribution in [3.8, 4) is 5.69 Å². The quantitative estimate of drug-likeness (QED) is 0.939. The van der Waals surface area contributed by atoms with Crippen molar-refractivity contribution in [2.24, 2.45) is 0 Å². The third-order valence-electron chi connectivity index (χ3n) is 2.92. The highest BCUT2D eigenvalue weighted by molar-refractivity contribution is 5.37. The molecule has 1 aromatic heterocycles. The Balaban J connectivity index is 2.39. The van der Waals surface area contributed by atoms with Gasteiger partial charge in [-0.05, 0) is 30.7 Å². The molecule has 0 fully saturated rings. The molecular formula is C13H14F3N3O. The lowest BCUT2D eigenvalue weighted by Crippen LogP contribution is -2.07. The SMILES string of the molecule is CCCc1c(CO)nnn1-c1ccc(C(F)(F)F)cc1. The summed E-state index contributed by atoms with van der Waals surface area (Å²) in [5.41, 5.74) is 0.955. The van der Waals surface area contributed by atoms with Gasteiger partial charge >= 0.3 is 6.18 Å². The van der Waals surface area contributed by atoms with Crippen molar-refractivity contribution >= 4 is 0 Å². The van der Waals surface area contributed by atoms with Crippen molar-refractivity contribution < 1.29 is 18.3 Å². The summed E-state index contributed by atoms with van der Waals surface area (Å²) in [5.74, 6) is 0. The van der Waals surface area contributed by atoms with Gasteiger partial charge in [0.25, 0.3) is 0 Å². The maximum absolute atomic E-state index is 12.5. The van der Waals surface area contributed by atoms with Gasteiger partial charge in [-0.1, -0.05) is 18.6 Å². The highest BCUT2D eigenvalue weighted by atomic mass is 19.4. The van der Waals surface area contributed by atoms with Crippen LogP contribution in [0.4, 0.5) is 13.2 Å². The molecule has 0 unspecified atom stereocenters. The van der Waals surface area contributed by atoms with Crippen molar-refractivity contribution in [3.63, 3.8) is 0 Å². The Morgan fingerprint density at radius 1 is 1.20 bits per heavy atom. The summed E-state index contributed by atoms with van der Waals surface area (Å²) in [6.45, 7) is 1.72. The van der Waals surface area contributed by atoms with Gasteiger partial charge in [0.2, 0.25) is 0 Å². The molecule has 0 spiro atoms. The second-order valence-corrected chi connectivity index (χ2v) is 4.35. The lowest BCUT2D eigenvalue weighted by atomic mass is 10.1. The molecule has 0 bridgehead atoms. The summed E-state index contributed by atoms with van der Waals surface area (Å²) in [6.07, 6.45) is -2.89. The molecular weight excluding hydrogens is 271 g/mol. The molecule has 2 rings (SSSR count). The second kappa shape index (κ2) is 5.62. The molecule has 108 valence electrons. The average Bonchev–Trinajstić information content (AvgIpc) is 2.81. The molecule has 0 aliphatic rings. The third kappa shape index (κ3) is 2.82. The number of benzene rings is 1. The summed E-state index contributed by atoms with van der Waals surface area (Å²) in [6, 6.07) is 4.70. The smallest absolute Gasteiger partial charge is 0.390 e. The summed E-state index contributed by atoms with van der Waals surface area (Å²) in [4.78, 5) is 0. The molecule has 0 amide bonds. The van der Waals surface area contributed by atoms with Gasteiger partial charge < -0.3 is 5.11 Å². The summed E-state index contributed by atoms with van der Waals surface area (Å²) in [5, 5.41) is 16.9. The standard InChI is InChI=1S/C13H14F3N3O/c1-2-3-12-11(8-20)17-18-19(12)10-6-4-9(5-7-10)13(14,15)16/h4-7,20H,2-3,8H2,1H3. The topological polar surface area (TPSA) is 50.9 Å². The fraction of sp³-hybridized carbons (Fsp3) is 0.385. The van der Waals surface area contributed by atoms with Crippen LogP contribution in [0.5, 0.6) is 0 Å². The van der Waals surface area contributed by atoms with E-state index in [1.165, 1.54) is 16.8 Å². The number of hydrogen-bond acceptors (Lipinski definition) is 3. The minimum absolute atomic E-state index is 0.240. The van der Waals surface area contributed by atoms with Crippen LogP contribution >= 0.6 is 0 Å². The van der Waals surface area contributed by atoms with Gasteiger partial charge in [0, 0.05) is 0 Å². The molecule has 20 heavy (non-hydrogen) atoms. The first kappa shape index (κ1) is 14.5. The van der Waals surface area contributed by atoms with Crippen molar-refractivity contribution in [3.05, 3.63) is 41.2 Å². The first-order valence-electron chi connectivity index (χ1n) is 6.19. The zero-order valence-corrected chi connectivity index (χ0v) is 10.9. The van der Waals surface area contributed by atoms with Gasteiger partial charge in [0.05, 0.1) is 23.6 Å². The van der Waals surface area contributed by atoms with Crippen LogP contribution in [0.1, 0.15) is 30.3 Å². The molecule has 7 heteroatoms. The van der Waals surface area contributed by atoms with Crippen molar-refractivity contribution in [1.29, 1.82) is 0 Å². The van der Waals surface area contributed by atoms with Gasteiger partial charge in [-0.2, -0.15) is 13.2 Å². The maximum Gasteiger partial charge on any atom is 0.416 e. The number of aromatic nitrogens is 3. The van der Waals surface area contributed by atoms with Crippen LogP contribution in [0.3, 0.4) is 0 Å². The van der Waals surface area contributed by atoms with E-state index in [4.69, 9.17) is 0 Å². The van der Waals surface area contributed by atoms with E-state index in [9.17, 15) is 18.3 Å². The van der Waals surface area contributed by atoms with Crippen LogP contribution in [0.15, 0.2) is 24.3 Å². The Bertz CT molecular complexity index is 576. The Morgan fingerprint density at radius 3 is 2.35 bits per heavy atom. The first-order chi connectivity index (χ1) is 9.47. The van der Waals surface area contributed by atoms with E-state index < -0.39 is 11.7 Å². The van der Waals surface area contributed by atoms with E-state index in [-0.39, 0.29) is 6.61 Å². The molecule has 1 heterocycles. The fourth-order valence-electron chi connectivity index (χ4n) is 1.94. The molecule has 2 aromatic rings. The number of aliphatic hydroxyl groups excluding tert-OH is 1. The van der Waals surface area contributed by atoms with Crippen LogP contribution in [0.2, 0.25) is 0 Å². The van der Waals surface area contributed by atoms with Crippen LogP contribution in [-0.4, -0.2) is 20.1 Å². The van der Waals surface area contributed by atoms with E-state index in [0.29, 0.717) is 17.8 Å². The normalized spacial score (nSPS) is 11.8. The molecule has 4 nitrogen and oxygen atoms in total. The van der Waals surface area contributed by atoms with E-state index >= 15 is 0 Å². The van der Waals surface area contributed by atoms with Gasteiger partial charge in [-0.25, -0.2) is 4.68 Å². The number of aliphatic hydroxyl groups is 1. The predicted molar refractivity (Wildman–Crippen MR) is 66.3 cm³/mol. The van der Waals surface area contributed by atoms with Gasteiger partial charge in [0.15, 0.2) is 0 Å². The Labute approximate surface area is 113 Å². The highest BCUT2D eigenvalue weighted by Crippen LogP contribution is 2.29. The third-order valence-corrected chi connectivity index (χ3v) is 2.92. The summed E-state index contributed by atoms with van der Waals surface area (Å²) < 4.78 is 39.0. The molecule has 0 radical (unpaired) electrons. The minimum Gasteiger partial charge on any atom is -0.390 e. The lowest BCUT2D eigenvalue weighted by molar-refractivity contribution is -0.137. The summed E-state index contributed by atoms with van der Waals surface area (Å²) in [7, 11) is 0. The van der Waals surface area contributed by atoms with Crippen molar-refractivity contribution in [2.45, 2.75) is 32.5 Å². The Morgan fingerprint density at radius 2 is 1.85 bits per heavy atom. The number of hydrogen-bond donors (Lipinski definition) is 1. The number of halogens is 3.